The summed E-state index contributed by atoms with van der Waals surface area (Å²) in [7, 11) is 1.36. The summed E-state index contributed by atoms with van der Waals surface area (Å²) >= 11 is 1.21. The average Bonchev–Trinajstić information content (AvgIpc) is 3.24. The van der Waals surface area contributed by atoms with Gasteiger partial charge in [-0.15, -0.1) is 20.4 Å². The van der Waals surface area contributed by atoms with Crippen LogP contribution in [-0.4, -0.2) is 39.5 Å². The van der Waals surface area contributed by atoms with Crippen LogP contribution in [0, 0.1) is 12.7 Å². The van der Waals surface area contributed by atoms with Gasteiger partial charge < -0.3 is 15.8 Å². The Morgan fingerprint density at radius 2 is 2.03 bits per heavy atom. The van der Waals surface area contributed by atoms with Gasteiger partial charge in [-0.2, -0.15) is 0 Å². The van der Waals surface area contributed by atoms with Crippen molar-refractivity contribution in [1.29, 1.82) is 0 Å². The van der Waals surface area contributed by atoms with Crippen LogP contribution in [-0.2, 0) is 9.53 Å². The van der Waals surface area contributed by atoms with Crippen molar-refractivity contribution >= 4 is 38.9 Å². The zero-order chi connectivity index (χ0) is 23.4. The van der Waals surface area contributed by atoms with Gasteiger partial charge in [-0.25, -0.2) is 4.39 Å². The highest BCUT2D eigenvalue weighted by atomic mass is 32.1. The van der Waals surface area contributed by atoms with Gasteiger partial charge in [0.15, 0.2) is 6.10 Å². The van der Waals surface area contributed by atoms with E-state index >= 15 is 0 Å². The van der Waals surface area contributed by atoms with Crippen LogP contribution in [0.4, 0.5) is 20.5 Å². The third-order valence-corrected chi connectivity index (χ3v) is 6.09. The third kappa shape index (κ3) is 5.49. The Hall–Kier alpha value is -3.44. The zero-order valence-corrected chi connectivity index (χ0v) is 19.0. The first-order chi connectivity index (χ1) is 15.9. The van der Waals surface area contributed by atoms with Crippen LogP contribution in [0.2, 0.25) is 0 Å². The Labute approximate surface area is 194 Å². The fourth-order valence-corrected chi connectivity index (χ4v) is 4.35. The summed E-state index contributed by atoms with van der Waals surface area (Å²) < 4.78 is 19.5. The van der Waals surface area contributed by atoms with Crippen LogP contribution in [0.25, 0.3) is 5.57 Å². The average molecular weight is 470 g/mol. The van der Waals surface area contributed by atoms with Crippen molar-refractivity contribution in [3.8, 4) is 0 Å². The number of halogens is 1. The lowest BCUT2D eigenvalue weighted by Gasteiger charge is -2.22. The van der Waals surface area contributed by atoms with Gasteiger partial charge in [0.25, 0.3) is 5.91 Å². The highest BCUT2D eigenvalue weighted by molar-refractivity contribution is 7.19. The van der Waals surface area contributed by atoms with E-state index in [2.05, 4.69) is 37.1 Å². The molecule has 172 valence electrons. The van der Waals surface area contributed by atoms with Gasteiger partial charge in [0.05, 0.1) is 5.69 Å². The molecule has 0 aliphatic heterocycles. The normalized spacial score (nSPS) is 16.7. The molecular weight excluding hydrogens is 445 g/mol. The fraction of sp³-hybridized carbons (Fsp3) is 0.318. The number of anilines is 3. The minimum absolute atomic E-state index is 0.174. The van der Waals surface area contributed by atoms with Gasteiger partial charge in [0, 0.05) is 18.7 Å². The Kier molecular flexibility index (Phi) is 6.90. The molecule has 3 aromatic rings. The summed E-state index contributed by atoms with van der Waals surface area (Å²) in [5, 5.41) is 23.1. The number of carbonyl (C=O) groups excluding carboxylic acids is 1. The van der Waals surface area contributed by atoms with E-state index in [1.165, 1.54) is 24.5 Å². The van der Waals surface area contributed by atoms with E-state index in [9.17, 15) is 9.18 Å². The number of rotatable bonds is 7. The van der Waals surface area contributed by atoms with Crippen LogP contribution in [0.5, 0.6) is 0 Å². The first-order valence-corrected chi connectivity index (χ1v) is 11.2. The van der Waals surface area contributed by atoms with E-state index in [0.717, 1.165) is 36.1 Å². The molecule has 2 heterocycles. The summed E-state index contributed by atoms with van der Waals surface area (Å²) in [4.78, 5) is 12.7. The number of benzene rings is 1. The maximum atomic E-state index is 14.2. The van der Waals surface area contributed by atoms with E-state index in [0.29, 0.717) is 16.1 Å². The molecule has 4 rings (SSSR count). The Bertz CT molecular complexity index is 1170. The quantitative estimate of drug-likeness (QED) is 0.478. The summed E-state index contributed by atoms with van der Waals surface area (Å²) in [6.45, 7) is 1.82. The number of amides is 1. The van der Waals surface area contributed by atoms with Gasteiger partial charge in [-0.1, -0.05) is 35.1 Å². The smallest absolute Gasteiger partial charge is 0.260 e. The molecule has 1 aliphatic rings. The molecule has 0 saturated carbocycles. The van der Waals surface area contributed by atoms with E-state index in [-0.39, 0.29) is 11.6 Å². The third-order valence-electron chi connectivity index (χ3n) is 5.32. The van der Waals surface area contributed by atoms with Gasteiger partial charge in [0.2, 0.25) is 10.3 Å². The minimum atomic E-state index is -1.09. The minimum Gasteiger partial charge on any atom is -0.382 e. The molecule has 0 fully saturated rings. The maximum Gasteiger partial charge on any atom is 0.260 e. The number of allylic oxidation sites excluding steroid dienone is 1. The fourth-order valence-electron chi connectivity index (χ4n) is 3.63. The zero-order valence-electron chi connectivity index (χ0n) is 18.2. The SMILES string of the molecule is CO[C@@H](C(=O)Nc1nnc(N[C@@H]2CC=C(c3ccc(N)nn3)CC2)s1)c1cc(C)ccc1F. The highest BCUT2D eigenvalue weighted by Gasteiger charge is 2.25. The largest absolute Gasteiger partial charge is 0.382 e. The maximum absolute atomic E-state index is 14.2. The number of carbonyl (C=O) groups is 1. The van der Waals surface area contributed by atoms with Gasteiger partial charge >= 0.3 is 0 Å². The van der Waals surface area contributed by atoms with E-state index < -0.39 is 17.8 Å². The Morgan fingerprint density at radius 3 is 2.73 bits per heavy atom. The first-order valence-electron chi connectivity index (χ1n) is 10.4. The van der Waals surface area contributed by atoms with Crippen LogP contribution in [0.15, 0.2) is 36.4 Å². The van der Waals surface area contributed by atoms with Crippen LogP contribution in [0.1, 0.15) is 42.2 Å². The topological polar surface area (TPSA) is 128 Å². The molecule has 1 amide bonds. The molecule has 0 bridgehead atoms. The number of aryl methyl sites for hydroxylation is 1. The van der Waals surface area contributed by atoms with Crippen LogP contribution < -0.4 is 16.4 Å². The van der Waals surface area contributed by atoms with E-state index in [1.807, 2.05) is 13.0 Å². The van der Waals surface area contributed by atoms with E-state index in [1.54, 1.807) is 18.2 Å². The number of nitrogens with zero attached hydrogens (tertiary/aromatic N) is 4. The molecule has 0 radical (unpaired) electrons. The monoisotopic (exact) mass is 469 g/mol. The van der Waals surface area contributed by atoms with Gasteiger partial charge in [-0.3, -0.25) is 10.1 Å². The number of nitrogen functional groups attached to an aromatic ring is 1. The molecule has 2 aromatic heterocycles. The molecule has 33 heavy (non-hydrogen) atoms. The molecule has 0 saturated heterocycles. The van der Waals surface area contributed by atoms with Crippen LogP contribution in [0.3, 0.4) is 0 Å². The van der Waals surface area contributed by atoms with Crippen LogP contribution >= 0.6 is 11.3 Å². The van der Waals surface area contributed by atoms with Gasteiger partial charge in [-0.05, 0) is 50.0 Å². The Balaban J connectivity index is 1.36. The highest BCUT2D eigenvalue weighted by Crippen LogP contribution is 2.30. The molecule has 0 unspecified atom stereocenters. The molecular formula is C22H24FN7O2S. The summed E-state index contributed by atoms with van der Waals surface area (Å²) in [5.74, 6) is -0.619. The molecule has 4 N–H and O–H groups in total. The van der Waals surface area contributed by atoms with Crippen molar-refractivity contribution in [2.75, 3.05) is 23.5 Å². The lowest BCUT2D eigenvalue weighted by atomic mass is 9.93. The van der Waals surface area contributed by atoms with Crippen molar-refractivity contribution in [3.63, 3.8) is 0 Å². The van der Waals surface area contributed by atoms with Crippen molar-refractivity contribution in [1.82, 2.24) is 20.4 Å². The summed E-state index contributed by atoms with van der Waals surface area (Å²) in [6.07, 6.45) is 3.56. The predicted molar refractivity (Wildman–Crippen MR) is 125 cm³/mol. The molecule has 11 heteroatoms. The van der Waals surface area contributed by atoms with E-state index in [4.69, 9.17) is 10.5 Å². The standard InChI is InChI=1S/C22H24FN7O2S/c1-12-3-8-16(23)15(11-12)19(32-2)20(31)26-22-30-29-21(33-22)25-14-6-4-13(5-7-14)17-9-10-18(24)28-27-17/h3-4,8-11,14,19H,5-7H2,1-2H3,(H2,24,28)(H,25,29)(H,26,30,31)/t14-,19-/m1/s1. The summed E-state index contributed by atoms with van der Waals surface area (Å²) in [6, 6.07) is 8.35. The molecule has 1 aliphatic carbocycles. The van der Waals surface area contributed by atoms with Crippen molar-refractivity contribution in [3.05, 3.63) is 59.0 Å². The number of nitrogens with one attached hydrogen (secondary N) is 2. The lowest BCUT2D eigenvalue weighted by Crippen LogP contribution is -2.23. The van der Waals surface area contributed by atoms with Crippen molar-refractivity contribution in [2.45, 2.75) is 38.3 Å². The summed E-state index contributed by atoms with van der Waals surface area (Å²) in [5.41, 5.74) is 8.58. The predicted octanol–water partition coefficient (Wildman–Crippen LogP) is 3.73. The molecule has 2 atom stereocenters. The Morgan fingerprint density at radius 1 is 1.21 bits per heavy atom. The lowest BCUT2D eigenvalue weighted by molar-refractivity contribution is -0.126. The molecule has 1 aromatic carbocycles. The number of methoxy groups -OCH3 is 1. The van der Waals surface area contributed by atoms with Crippen molar-refractivity contribution in [2.24, 2.45) is 0 Å². The number of aromatic nitrogens is 4. The van der Waals surface area contributed by atoms with Crippen molar-refractivity contribution < 1.29 is 13.9 Å². The van der Waals surface area contributed by atoms with Gasteiger partial charge in [0.1, 0.15) is 11.6 Å². The second-order valence-electron chi connectivity index (χ2n) is 7.73. The second kappa shape index (κ2) is 10.0. The number of hydrogen-bond acceptors (Lipinski definition) is 9. The number of ether oxygens (including phenoxy) is 1. The molecule has 0 spiro atoms. The number of hydrogen-bond donors (Lipinski definition) is 3. The number of nitrogens with two attached hydrogens (primary N) is 1. The molecule has 9 nitrogen and oxygen atoms in total. The first kappa shape index (κ1) is 22.7. The second-order valence-corrected chi connectivity index (χ2v) is 8.71.